The molecule has 3 heterocycles. The highest BCUT2D eigenvalue weighted by Gasteiger charge is 2.48. The van der Waals surface area contributed by atoms with Gasteiger partial charge in [-0.05, 0) is 49.7 Å². The molecule has 194 valence electrons. The number of fused-ring (bicyclic) bond motifs is 1. The number of aromatic nitrogens is 3. The molecule has 1 aliphatic heterocycles. The van der Waals surface area contributed by atoms with Gasteiger partial charge in [-0.2, -0.15) is 0 Å². The van der Waals surface area contributed by atoms with Gasteiger partial charge < -0.3 is 24.3 Å². The number of aromatic amines is 1. The SMILES string of the molecule is COc1cc2nc(N3C(=O)C(=O)/C(=C(/O)c4ccc(OC(C)C)cc4)C3c3cccnc3)[nH]c2cc1OC. The lowest BCUT2D eigenvalue weighted by molar-refractivity contribution is -0.132. The average Bonchev–Trinajstić information content (AvgIpc) is 3.45. The third kappa shape index (κ3) is 4.30. The summed E-state index contributed by atoms with van der Waals surface area (Å²) in [5, 5.41) is 11.3. The van der Waals surface area contributed by atoms with E-state index in [1.807, 2.05) is 13.8 Å². The van der Waals surface area contributed by atoms with Crippen molar-refractivity contribution in [3.63, 3.8) is 0 Å². The van der Waals surface area contributed by atoms with E-state index in [0.717, 1.165) is 0 Å². The van der Waals surface area contributed by atoms with Crippen LogP contribution in [0, 0.1) is 0 Å². The number of H-pyrrole nitrogens is 1. The molecule has 1 aliphatic rings. The van der Waals surface area contributed by atoms with E-state index in [1.54, 1.807) is 60.9 Å². The molecule has 0 bridgehead atoms. The van der Waals surface area contributed by atoms with E-state index >= 15 is 0 Å². The summed E-state index contributed by atoms with van der Waals surface area (Å²) in [6.07, 6.45) is 3.11. The smallest absolute Gasteiger partial charge is 0.302 e. The lowest BCUT2D eigenvalue weighted by atomic mass is 9.96. The molecule has 1 saturated heterocycles. The number of ketones is 1. The van der Waals surface area contributed by atoms with Gasteiger partial charge in [0.2, 0.25) is 5.95 Å². The number of hydrogen-bond acceptors (Lipinski definition) is 8. The molecule has 0 saturated carbocycles. The summed E-state index contributed by atoms with van der Waals surface area (Å²) in [7, 11) is 3.03. The summed E-state index contributed by atoms with van der Waals surface area (Å²) in [6.45, 7) is 3.82. The summed E-state index contributed by atoms with van der Waals surface area (Å²) in [5.41, 5.74) is 1.90. The first-order valence-corrected chi connectivity index (χ1v) is 11.9. The lowest BCUT2D eigenvalue weighted by Crippen LogP contribution is -2.30. The summed E-state index contributed by atoms with van der Waals surface area (Å²) in [4.78, 5) is 39.9. The Morgan fingerprint density at radius 2 is 1.76 bits per heavy atom. The van der Waals surface area contributed by atoms with Gasteiger partial charge in [-0.1, -0.05) is 6.07 Å². The fraction of sp³-hybridized carbons (Fsp3) is 0.214. The Labute approximate surface area is 218 Å². The van der Waals surface area contributed by atoms with Crippen molar-refractivity contribution >= 4 is 34.4 Å². The second kappa shape index (κ2) is 9.89. The Hall–Kier alpha value is -4.86. The van der Waals surface area contributed by atoms with E-state index < -0.39 is 17.7 Å². The number of methoxy groups -OCH3 is 2. The number of nitrogens with zero attached hydrogens (tertiary/aromatic N) is 3. The standard InChI is InChI=1S/C28H26N4O6/c1-15(2)38-18-9-7-16(8-10-18)25(33)23-24(17-6-5-11-29-14-17)32(27(35)26(23)34)28-30-19-12-21(36-3)22(37-4)13-20(19)31-28/h5-15,24,33H,1-4H3,(H,30,31)/b25-23+. The molecule has 38 heavy (non-hydrogen) atoms. The number of amides is 1. The Balaban J connectivity index is 1.65. The molecule has 0 aliphatic carbocycles. The molecule has 2 aromatic heterocycles. The zero-order valence-corrected chi connectivity index (χ0v) is 21.3. The monoisotopic (exact) mass is 514 g/mol. The number of hydrogen-bond donors (Lipinski definition) is 2. The van der Waals surface area contributed by atoms with Crippen molar-refractivity contribution < 1.29 is 28.9 Å². The van der Waals surface area contributed by atoms with Crippen LogP contribution in [0.2, 0.25) is 0 Å². The Morgan fingerprint density at radius 3 is 2.39 bits per heavy atom. The molecule has 10 heteroatoms. The maximum absolute atomic E-state index is 13.4. The largest absolute Gasteiger partial charge is 0.507 e. The highest BCUT2D eigenvalue weighted by atomic mass is 16.5. The van der Waals surface area contributed by atoms with Gasteiger partial charge in [-0.25, -0.2) is 4.98 Å². The van der Waals surface area contributed by atoms with Crippen molar-refractivity contribution in [2.24, 2.45) is 0 Å². The Kier molecular flexibility index (Phi) is 6.46. The number of ether oxygens (including phenoxy) is 3. The molecule has 1 fully saturated rings. The quantitative estimate of drug-likeness (QED) is 0.211. The normalized spacial score (nSPS) is 16.9. The van der Waals surface area contributed by atoms with E-state index in [2.05, 4.69) is 15.0 Å². The van der Waals surface area contributed by atoms with Gasteiger partial charge >= 0.3 is 5.91 Å². The first kappa shape index (κ1) is 24.8. The molecule has 1 amide bonds. The third-order valence-corrected chi connectivity index (χ3v) is 6.15. The molecule has 1 unspecified atom stereocenters. The van der Waals surface area contributed by atoms with Crippen LogP contribution < -0.4 is 19.1 Å². The van der Waals surface area contributed by atoms with Crippen molar-refractivity contribution in [2.45, 2.75) is 26.0 Å². The van der Waals surface area contributed by atoms with Crippen molar-refractivity contribution in [2.75, 3.05) is 19.1 Å². The molecule has 0 spiro atoms. The van der Waals surface area contributed by atoms with E-state index in [0.29, 0.717) is 39.4 Å². The van der Waals surface area contributed by atoms with Crippen molar-refractivity contribution in [1.82, 2.24) is 15.0 Å². The number of aliphatic hydroxyl groups is 1. The third-order valence-electron chi connectivity index (χ3n) is 6.15. The van der Waals surface area contributed by atoms with E-state index in [4.69, 9.17) is 14.2 Å². The number of carbonyl (C=O) groups excluding carboxylic acids is 2. The number of Topliss-reactive ketones (excluding diaryl/α,β-unsaturated/α-hetero) is 1. The minimum absolute atomic E-state index is 0.0194. The minimum Gasteiger partial charge on any atom is -0.507 e. The predicted octanol–water partition coefficient (Wildman–Crippen LogP) is 4.39. The number of anilines is 1. The Bertz CT molecular complexity index is 1500. The number of carbonyl (C=O) groups is 2. The van der Waals surface area contributed by atoms with Crippen molar-refractivity contribution in [3.8, 4) is 17.2 Å². The second-order valence-corrected chi connectivity index (χ2v) is 8.93. The maximum Gasteiger partial charge on any atom is 0.302 e. The van der Waals surface area contributed by atoms with Crippen LogP contribution in [-0.4, -0.2) is 52.1 Å². The van der Waals surface area contributed by atoms with Crippen LogP contribution in [0.15, 0.2) is 66.5 Å². The first-order chi connectivity index (χ1) is 18.3. The summed E-state index contributed by atoms with van der Waals surface area (Å²) in [5.74, 6) is -0.289. The topological polar surface area (TPSA) is 127 Å². The Morgan fingerprint density at radius 1 is 1.05 bits per heavy atom. The zero-order chi connectivity index (χ0) is 27.0. The van der Waals surface area contributed by atoms with Crippen LogP contribution in [0.3, 0.4) is 0 Å². The summed E-state index contributed by atoms with van der Waals surface area (Å²) in [6, 6.07) is 12.5. The molecule has 1 atom stereocenters. The fourth-order valence-electron chi connectivity index (χ4n) is 4.46. The molecule has 0 radical (unpaired) electrons. The second-order valence-electron chi connectivity index (χ2n) is 8.93. The fourth-order valence-corrected chi connectivity index (χ4v) is 4.46. The molecule has 10 nitrogen and oxygen atoms in total. The first-order valence-electron chi connectivity index (χ1n) is 11.9. The van der Waals surface area contributed by atoms with Gasteiger partial charge in [-0.3, -0.25) is 19.5 Å². The van der Waals surface area contributed by atoms with Crippen LogP contribution in [0.1, 0.15) is 31.0 Å². The maximum atomic E-state index is 13.4. The summed E-state index contributed by atoms with van der Waals surface area (Å²) < 4.78 is 16.4. The number of aliphatic hydroxyl groups excluding tert-OH is 1. The van der Waals surface area contributed by atoms with Crippen LogP contribution in [-0.2, 0) is 9.59 Å². The molecular weight excluding hydrogens is 488 g/mol. The number of rotatable bonds is 7. The van der Waals surface area contributed by atoms with Gasteiger partial charge in [0.1, 0.15) is 11.5 Å². The number of imidazole rings is 1. The number of pyridine rings is 1. The van der Waals surface area contributed by atoms with Crippen molar-refractivity contribution in [3.05, 3.63) is 77.6 Å². The van der Waals surface area contributed by atoms with Gasteiger partial charge in [0, 0.05) is 30.1 Å². The molecule has 4 aromatic rings. The zero-order valence-electron chi connectivity index (χ0n) is 21.3. The average molecular weight is 515 g/mol. The van der Waals surface area contributed by atoms with E-state index in [1.165, 1.54) is 19.1 Å². The summed E-state index contributed by atoms with van der Waals surface area (Å²) >= 11 is 0. The highest BCUT2D eigenvalue weighted by Crippen LogP contribution is 2.42. The van der Waals surface area contributed by atoms with Gasteiger partial charge in [0.25, 0.3) is 5.78 Å². The van der Waals surface area contributed by atoms with Gasteiger partial charge in [0.05, 0.1) is 43.0 Å². The van der Waals surface area contributed by atoms with E-state index in [9.17, 15) is 14.7 Å². The van der Waals surface area contributed by atoms with Crippen molar-refractivity contribution in [1.29, 1.82) is 0 Å². The van der Waals surface area contributed by atoms with Crippen LogP contribution in [0.4, 0.5) is 5.95 Å². The number of nitrogens with one attached hydrogen (secondary N) is 1. The minimum atomic E-state index is -0.973. The van der Waals surface area contributed by atoms with E-state index in [-0.39, 0.29) is 23.4 Å². The van der Waals surface area contributed by atoms with Crippen LogP contribution in [0.5, 0.6) is 17.2 Å². The highest BCUT2D eigenvalue weighted by molar-refractivity contribution is 6.51. The van der Waals surface area contributed by atoms with Crippen LogP contribution in [0.25, 0.3) is 16.8 Å². The molecule has 2 N–H and O–H groups in total. The van der Waals surface area contributed by atoms with Gasteiger partial charge in [0.15, 0.2) is 11.5 Å². The predicted molar refractivity (Wildman–Crippen MR) is 140 cm³/mol. The molecule has 2 aromatic carbocycles. The number of benzene rings is 2. The van der Waals surface area contributed by atoms with Crippen LogP contribution >= 0.6 is 0 Å². The van der Waals surface area contributed by atoms with Gasteiger partial charge in [-0.15, -0.1) is 0 Å². The lowest BCUT2D eigenvalue weighted by Gasteiger charge is -2.22. The molecule has 5 rings (SSSR count). The molecular formula is C28H26N4O6.